The first-order chi connectivity index (χ1) is 11.3. The molecule has 1 aliphatic heterocycles. The minimum Gasteiger partial charge on any atom is -0.357 e. The molecule has 0 aliphatic carbocycles. The highest BCUT2D eigenvalue weighted by atomic mass is 15.2. The number of likely N-dealkylation sites (tertiary alicyclic amines) is 1. The van der Waals surface area contributed by atoms with Crippen molar-refractivity contribution in [2.75, 3.05) is 26.2 Å². The summed E-state index contributed by atoms with van der Waals surface area (Å²) < 4.78 is 0. The van der Waals surface area contributed by atoms with Crippen molar-refractivity contribution < 1.29 is 0 Å². The van der Waals surface area contributed by atoms with Crippen molar-refractivity contribution in [3.8, 4) is 12.3 Å². The summed E-state index contributed by atoms with van der Waals surface area (Å²) in [4.78, 5) is 7.29. The van der Waals surface area contributed by atoms with E-state index in [0.717, 1.165) is 32.1 Å². The highest BCUT2D eigenvalue weighted by Gasteiger charge is 2.22. The maximum Gasteiger partial charge on any atom is 0.192 e. The molecule has 0 aromatic heterocycles. The molecule has 1 saturated heterocycles. The maximum atomic E-state index is 5.32. The lowest BCUT2D eigenvalue weighted by Crippen LogP contribution is -2.43. The van der Waals surface area contributed by atoms with Crippen LogP contribution in [0.15, 0.2) is 35.3 Å². The predicted molar refractivity (Wildman–Crippen MR) is 97.3 cm³/mol. The minimum absolute atomic E-state index is 0.504. The van der Waals surface area contributed by atoms with E-state index in [1.165, 1.54) is 24.8 Å². The van der Waals surface area contributed by atoms with Gasteiger partial charge < -0.3 is 10.6 Å². The zero-order valence-corrected chi connectivity index (χ0v) is 14.1. The van der Waals surface area contributed by atoms with Crippen molar-refractivity contribution in [2.45, 2.75) is 38.8 Å². The van der Waals surface area contributed by atoms with Crippen LogP contribution in [0.1, 0.15) is 31.7 Å². The molecule has 0 amide bonds. The Kier molecular flexibility index (Phi) is 7.48. The van der Waals surface area contributed by atoms with Crippen LogP contribution in [-0.2, 0) is 6.54 Å². The molecule has 2 rings (SSSR count). The van der Waals surface area contributed by atoms with E-state index in [-0.39, 0.29) is 0 Å². The monoisotopic (exact) mass is 312 g/mol. The smallest absolute Gasteiger partial charge is 0.192 e. The van der Waals surface area contributed by atoms with E-state index in [4.69, 9.17) is 11.4 Å². The molecule has 0 spiro atoms. The van der Waals surface area contributed by atoms with E-state index in [0.29, 0.717) is 12.6 Å². The molecule has 0 saturated carbocycles. The molecule has 124 valence electrons. The summed E-state index contributed by atoms with van der Waals surface area (Å²) >= 11 is 0. The Labute approximate surface area is 140 Å². The summed E-state index contributed by atoms with van der Waals surface area (Å²) in [5, 5.41) is 6.41. The normalized spacial score (nSPS) is 19.1. The van der Waals surface area contributed by atoms with Gasteiger partial charge in [0.25, 0.3) is 0 Å². The number of piperidine rings is 1. The van der Waals surface area contributed by atoms with Crippen molar-refractivity contribution >= 4 is 5.96 Å². The molecule has 0 radical (unpaired) electrons. The van der Waals surface area contributed by atoms with Gasteiger partial charge in [-0.25, -0.2) is 0 Å². The van der Waals surface area contributed by atoms with Gasteiger partial charge in [0.05, 0.1) is 13.1 Å². The summed E-state index contributed by atoms with van der Waals surface area (Å²) in [6.07, 6.45) is 9.10. The fourth-order valence-corrected chi connectivity index (χ4v) is 2.97. The van der Waals surface area contributed by atoms with Crippen molar-refractivity contribution in [1.29, 1.82) is 0 Å². The van der Waals surface area contributed by atoms with Crippen molar-refractivity contribution in [2.24, 2.45) is 4.99 Å². The maximum absolute atomic E-state index is 5.32. The van der Waals surface area contributed by atoms with Crippen LogP contribution in [0, 0.1) is 12.3 Å². The Morgan fingerprint density at radius 2 is 2.13 bits per heavy atom. The molecule has 0 bridgehead atoms. The zero-order valence-electron chi connectivity index (χ0n) is 14.1. The molecule has 4 nitrogen and oxygen atoms in total. The third-order valence-electron chi connectivity index (χ3n) is 4.14. The van der Waals surface area contributed by atoms with Gasteiger partial charge in [-0.2, -0.15) is 0 Å². The zero-order chi connectivity index (χ0) is 16.3. The van der Waals surface area contributed by atoms with E-state index in [1.54, 1.807) is 0 Å². The summed E-state index contributed by atoms with van der Waals surface area (Å²) in [7, 11) is 0. The average Bonchev–Trinajstić information content (AvgIpc) is 2.59. The van der Waals surface area contributed by atoms with Gasteiger partial charge in [-0.05, 0) is 31.9 Å². The van der Waals surface area contributed by atoms with Crippen LogP contribution in [-0.4, -0.2) is 43.1 Å². The Morgan fingerprint density at radius 1 is 1.30 bits per heavy atom. The van der Waals surface area contributed by atoms with Crippen molar-refractivity contribution in [3.05, 3.63) is 35.9 Å². The SMILES string of the molecule is C#CCNC(=NCC1CCCCN1Cc1ccccc1)NCC. The summed E-state index contributed by atoms with van der Waals surface area (Å²) in [6, 6.07) is 11.2. The first-order valence-corrected chi connectivity index (χ1v) is 8.57. The van der Waals surface area contributed by atoms with E-state index in [1.807, 2.05) is 0 Å². The number of nitrogens with one attached hydrogen (secondary N) is 2. The van der Waals surface area contributed by atoms with Crippen LogP contribution in [0.5, 0.6) is 0 Å². The van der Waals surface area contributed by atoms with Gasteiger partial charge in [-0.1, -0.05) is 42.7 Å². The van der Waals surface area contributed by atoms with Gasteiger partial charge in [-0.3, -0.25) is 9.89 Å². The van der Waals surface area contributed by atoms with Crippen LogP contribution in [0.25, 0.3) is 0 Å². The van der Waals surface area contributed by atoms with Gasteiger partial charge in [0.15, 0.2) is 5.96 Å². The largest absolute Gasteiger partial charge is 0.357 e. The number of benzene rings is 1. The second-order valence-electron chi connectivity index (χ2n) is 5.88. The molecule has 1 unspecified atom stereocenters. The Balaban J connectivity index is 1.95. The van der Waals surface area contributed by atoms with E-state index in [9.17, 15) is 0 Å². The first-order valence-electron chi connectivity index (χ1n) is 8.57. The number of guanidine groups is 1. The number of nitrogens with zero attached hydrogens (tertiary/aromatic N) is 2. The number of rotatable bonds is 6. The van der Waals surface area contributed by atoms with Gasteiger partial charge in [0, 0.05) is 19.1 Å². The fraction of sp³-hybridized carbons (Fsp3) is 0.526. The lowest BCUT2D eigenvalue weighted by molar-refractivity contribution is 0.145. The topological polar surface area (TPSA) is 39.7 Å². The summed E-state index contributed by atoms with van der Waals surface area (Å²) in [6.45, 7) is 6.39. The minimum atomic E-state index is 0.504. The van der Waals surface area contributed by atoms with Gasteiger partial charge in [0.2, 0.25) is 0 Å². The summed E-state index contributed by atoms with van der Waals surface area (Å²) in [5.74, 6) is 3.41. The predicted octanol–water partition coefficient (Wildman–Crippen LogP) is 2.23. The molecule has 1 aromatic rings. The molecular formula is C19H28N4. The number of hydrogen-bond donors (Lipinski definition) is 2. The summed E-state index contributed by atoms with van der Waals surface area (Å²) in [5.41, 5.74) is 1.38. The average molecular weight is 312 g/mol. The van der Waals surface area contributed by atoms with Crippen LogP contribution < -0.4 is 10.6 Å². The third kappa shape index (κ3) is 5.96. The molecular weight excluding hydrogens is 284 g/mol. The van der Waals surface area contributed by atoms with Crippen LogP contribution in [0.2, 0.25) is 0 Å². The Morgan fingerprint density at radius 3 is 2.87 bits per heavy atom. The molecule has 2 N–H and O–H groups in total. The number of terminal acetylenes is 1. The lowest BCUT2D eigenvalue weighted by Gasteiger charge is -2.35. The van der Waals surface area contributed by atoms with Crippen molar-refractivity contribution in [3.63, 3.8) is 0 Å². The second kappa shape index (κ2) is 9.91. The molecule has 4 heteroatoms. The second-order valence-corrected chi connectivity index (χ2v) is 5.88. The van der Waals surface area contributed by atoms with Gasteiger partial charge in [-0.15, -0.1) is 6.42 Å². The van der Waals surface area contributed by atoms with Crippen LogP contribution in [0.3, 0.4) is 0 Å². The number of aliphatic imine (C=N–C) groups is 1. The highest BCUT2D eigenvalue weighted by Crippen LogP contribution is 2.19. The molecule has 1 heterocycles. The Bertz CT molecular complexity index is 518. The molecule has 1 fully saturated rings. The lowest BCUT2D eigenvalue weighted by atomic mass is 10.0. The van der Waals surface area contributed by atoms with Crippen molar-refractivity contribution in [1.82, 2.24) is 15.5 Å². The quantitative estimate of drug-likeness (QED) is 0.481. The first kappa shape index (κ1) is 17.4. The van der Waals surface area contributed by atoms with Crippen LogP contribution >= 0.6 is 0 Å². The van der Waals surface area contributed by atoms with E-state index >= 15 is 0 Å². The van der Waals surface area contributed by atoms with Crippen LogP contribution in [0.4, 0.5) is 0 Å². The number of hydrogen-bond acceptors (Lipinski definition) is 2. The van der Waals surface area contributed by atoms with Gasteiger partial charge >= 0.3 is 0 Å². The molecule has 1 aliphatic rings. The van der Waals surface area contributed by atoms with Gasteiger partial charge in [0.1, 0.15) is 0 Å². The fourth-order valence-electron chi connectivity index (χ4n) is 2.97. The third-order valence-corrected chi connectivity index (χ3v) is 4.14. The molecule has 1 atom stereocenters. The van der Waals surface area contributed by atoms with E-state index < -0.39 is 0 Å². The Hall–Kier alpha value is -1.99. The highest BCUT2D eigenvalue weighted by molar-refractivity contribution is 5.80. The van der Waals surface area contributed by atoms with E-state index in [2.05, 4.69) is 58.7 Å². The molecule has 1 aromatic carbocycles. The standard InChI is InChI=1S/C19H28N4/c1-3-13-21-19(20-4-2)22-15-18-12-8-9-14-23(18)16-17-10-6-5-7-11-17/h1,5-7,10-11,18H,4,8-9,12-16H2,2H3,(H2,20,21,22). The molecule has 23 heavy (non-hydrogen) atoms.